The Bertz CT molecular complexity index is 607. The van der Waals surface area contributed by atoms with Crippen molar-refractivity contribution >= 4 is 33.1 Å². The molecule has 0 aliphatic heterocycles. The number of nitro groups is 1. The van der Waals surface area contributed by atoms with Gasteiger partial charge in [-0.05, 0) is 22.0 Å². The lowest BCUT2D eigenvalue weighted by atomic mass is 10.2. The Hall–Kier alpha value is -1.96. The van der Waals surface area contributed by atoms with E-state index in [0.717, 1.165) is 0 Å². The number of fused-ring (bicyclic) bond motifs is 1. The molecular weight excluding hydrogens is 282 g/mol. The van der Waals surface area contributed by atoms with Gasteiger partial charge >= 0.3 is 11.7 Å². The van der Waals surface area contributed by atoms with Crippen LogP contribution in [0.5, 0.6) is 0 Å². The molecule has 16 heavy (non-hydrogen) atoms. The Morgan fingerprint density at radius 3 is 2.88 bits per heavy atom. The molecule has 1 N–H and O–H groups in total. The SMILES string of the molecule is O=C(O)c1c(Br)cn2nccc2c1[N+](=O)[O-]. The van der Waals surface area contributed by atoms with Crippen LogP contribution in [-0.2, 0) is 0 Å². The van der Waals surface area contributed by atoms with Gasteiger partial charge in [0.05, 0.1) is 15.6 Å². The van der Waals surface area contributed by atoms with Gasteiger partial charge in [0, 0.05) is 6.20 Å². The molecule has 0 fully saturated rings. The van der Waals surface area contributed by atoms with Gasteiger partial charge in [0.25, 0.3) is 0 Å². The fourth-order valence-electron chi connectivity index (χ4n) is 1.41. The molecule has 0 saturated carbocycles. The molecule has 0 unspecified atom stereocenters. The number of carboxylic acid groups (broad SMARTS) is 1. The summed E-state index contributed by atoms with van der Waals surface area (Å²) in [5, 5.41) is 23.6. The van der Waals surface area contributed by atoms with Crippen LogP contribution in [0.4, 0.5) is 5.69 Å². The topological polar surface area (TPSA) is 97.7 Å². The van der Waals surface area contributed by atoms with Crippen molar-refractivity contribution in [3.63, 3.8) is 0 Å². The minimum atomic E-state index is -1.36. The normalized spacial score (nSPS) is 10.6. The number of halogens is 1. The summed E-state index contributed by atoms with van der Waals surface area (Å²) >= 11 is 2.98. The average molecular weight is 286 g/mol. The Kier molecular flexibility index (Phi) is 2.35. The summed E-state index contributed by atoms with van der Waals surface area (Å²) in [5.41, 5.74) is -0.706. The zero-order valence-corrected chi connectivity index (χ0v) is 9.21. The number of aromatic nitrogens is 2. The quantitative estimate of drug-likeness (QED) is 0.669. The van der Waals surface area contributed by atoms with Gasteiger partial charge in [-0.2, -0.15) is 5.10 Å². The number of carboxylic acids is 1. The van der Waals surface area contributed by atoms with Crippen molar-refractivity contribution in [3.8, 4) is 0 Å². The second-order valence-corrected chi connectivity index (χ2v) is 3.78. The minimum absolute atomic E-state index is 0.114. The Balaban J connectivity index is 2.96. The third-order valence-electron chi connectivity index (χ3n) is 2.02. The van der Waals surface area contributed by atoms with Crippen LogP contribution in [0.15, 0.2) is 22.9 Å². The number of hydrogen-bond donors (Lipinski definition) is 1. The van der Waals surface area contributed by atoms with Crippen molar-refractivity contribution in [2.45, 2.75) is 0 Å². The first-order chi connectivity index (χ1) is 7.52. The van der Waals surface area contributed by atoms with E-state index in [9.17, 15) is 14.9 Å². The number of hydrogen-bond acceptors (Lipinski definition) is 4. The molecule has 2 aromatic rings. The van der Waals surface area contributed by atoms with E-state index in [4.69, 9.17) is 5.11 Å². The van der Waals surface area contributed by atoms with E-state index in [1.165, 1.54) is 23.0 Å². The Morgan fingerprint density at radius 1 is 1.62 bits per heavy atom. The van der Waals surface area contributed by atoms with E-state index in [0.29, 0.717) is 0 Å². The first-order valence-electron chi connectivity index (χ1n) is 4.06. The van der Waals surface area contributed by atoms with Crippen LogP contribution in [0.2, 0.25) is 0 Å². The molecule has 2 heterocycles. The molecule has 0 saturated heterocycles. The highest BCUT2D eigenvalue weighted by Gasteiger charge is 2.27. The van der Waals surface area contributed by atoms with E-state index in [1.54, 1.807) is 0 Å². The third-order valence-corrected chi connectivity index (χ3v) is 2.62. The molecule has 2 aromatic heterocycles. The number of aromatic carboxylic acids is 1. The molecule has 82 valence electrons. The highest BCUT2D eigenvalue weighted by Crippen LogP contribution is 2.30. The molecule has 0 radical (unpaired) electrons. The molecule has 0 atom stereocenters. The van der Waals surface area contributed by atoms with E-state index in [1.807, 2.05) is 0 Å². The van der Waals surface area contributed by atoms with Gasteiger partial charge in [-0.15, -0.1) is 0 Å². The minimum Gasteiger partial charge on any atom is -0.477 e. The van der Waals surface area contributed by atoms with E-state index in [-0.39, 0.29) is 15.6 Å². The van der Waals surface area contributed by atoms with Crippen LogP contribution in [0.1, 0.15) is 10.4 Å². The van der Waals surface area contributed by atoms with Crippen molar-refractivity contribution in [1.82, 2.24) is 9.61 Å². The van der Waals surface area contributed by atoms with Crippen LogP contribution in [0.3, 0.4) is 0 Å². The van der Waals surface area contributed by atoms with Gasteiger partial charge in [-0.3, -0.25) is 10.1 Å². The maximum absolute atomic E-state index is 10.9. The molecule has 0 aliphatic rings. The Morgan fingerprint density at radius 2 is 2.31 bits per heavy atom. The van der Waals surface area contributed by atoms with Crippen LogP contribution < -0.4 is 0 Å². The zero-order valence-electron chi connectivity index (χ0n) is 7.62. The molecule has 2 rings (SSSR count). The molecule has 7 nitrogen and oxygen atoms in total. The highest BCUT2D eigenvalue weighted by molar-refractivity contribution is 9.10. The number of pyridine rings is 1. The number of nitrogens with zero attached hydrogens (tertiary/aromatic N) is 3. The predicted octanol–water partition coefficient (Wildman–Crippen LogP) is 1.70. The molecule has 8 heteroatoms. The summed E-state index contributed by atoms with van der Waals surface area (Å²) in [7, 11) is 0. The summed E-state index contributed by atoms with van der Waals surface area (Å²) < 4.78 is 1.36. The van der Waals surface area contributed by atoms with Crippen molar-refractivity contribution in [2.75, 3.05) is 0 Å². The first-order valence-corrected chi connectivity index (χ1v) is 4.85. The monoisotopic (exact) mass is 285 g/mol. The standard InChI is InChI=1S/C8H4BrN3O4/c9-4-3-11-5(1-2-10-11)7(12(15)16)6(4)8(13)14/h1-3H,(H,13,14). The lowest BCUT2D eigenvalue weighted by Crippen LogP contribution is -2.06. The maximum atomic E-state index is 10.9. The van der Waals surface area contributed by atoms with Gasteiger partial charge in [-0.1, -0.05) is 0 Å². The van der Waals surface area contributed by atoms with Crippen LogP contribution in [0.25, 0.3) is 5.52 Å². The van der Waals surface area contributed by atoms with Gasteiger partial charge < -0.3 is 5.11 Å². The van der Waals surface area contributed by atoms with Crippen molar-refractivity contribution in [3.05, 3.63) is 38.6 Å². The van der Waals surface area contributed by atoms with Crippen molar-refractivity contribution in [1.29, 1.82) is 0 Å². The average Bonchev–Trinajstić information content (AvgIpc) is 2.61. The molecule has 0 spiro atoms. The van der Waals surface area contributed by atoms with E-state index < -0.39 is 16.6 Å². The van der Waals surface area contributed by atoms with Crippen LogP contribution in [-0.4, -0.2) is 25.6 Å². The van der Waals surface area contributed by atoms with E-state index >= 15 is 0 Å². The van der Waals surface area contributed by atoms with Gasteiger partial charge in [-0.25, -0.2) is 9.31 Å². The van der Waals surface area contributed by atoms with E-state index in [2.05, 4.69) is 21.0 Å². The lowest BCUT2D eigenvalue weighted by Gasteiger charge is -2.02. The highest BCUT2D eigenvalue weighted by atomic mass is 79.9. The lowest BCUT2D eigenvalue weighted by molar-refractivity contribution is -0.383. The van der Waals surface area contributed by atoms with Crippen LogP contribution >= 0.6 is 15.9 Å². The van der Waals surface area contributed by atoms with Crippen molar-refractivity contribution < 1.29 is 14.8 Å². The van der Waals surface area contributed by atoms with Gasteiger partial charge in [0.2, 0.25) is 0 Å². The molecule has 0 amide bonds. The number of carbonyl (C=O) groups is 1. The second kappa shape index (κ2) is 3.56. The maximum Gasteiger partial charge on any atom is 0.344 e. The second-order valence-electron chi connectivity index (χ2n) is 2.92. The Labute approximate surface area is 96.6 Å². The molecule has 0 aromatic carbocycles. The largest absolute Gasteiger partial charge is 0.477 e. The summed E-state index contributed by atoms with van der Waals surface area (Å²) in [4.78, 5) is 21.1. The van der Waals surface area contributed by atoms with Gasteiger partial charge in [0.15, 0.2) is 5.56 Å². The zero-order chi connectivity index (χ0) is 11.9. The molecule has 0 bridgehead atoms. The molecular formula is C8H4BrN3O4. The summed E-state index contributed by atoms with van der Waals surface area (Å²) in [5.74, 6) is -1.36. The van der Waals surface area contributed by atoms with Crippen LogP contribution in [0, 0.1) is 10.1 Å². The fraction of sp³-hybridized carbons (Fsp3) is 0. The fourth-order valence-corrected chi connectivity index (χ4v) is 1.96. The smallest absolute Gasteiger partial charge is 0.344 e. The number of rotatable bonds is 2. The summed E-state index contributed by atoms with van der Waals surface area (Å²) in [6.07, 6.45) is 2.73. The van der Waals surface area contributed by atoms with Crippen molar-refractivity contribution in [2.24, 2.45) is 0 Å². The molecule has 0 aliphatic carbocycles. The third kappa shape index (κ3) is 1.43. The summed E-state index contributed by atoms with van der Waals surface area (Å²) in [6.45, 7) is 0. The summed E-state index contributed by atoms with van der Waals surface area (Å²) in [6, 6.07) is 1.39. The first kappa shape index (κ1) is 10.6. The predicted molar refractivity (Wildman–Crippen MR) is 56.5 cm³/mol. The van der Waals surface area contributed by atoms with Gasteiger partial charge in [0.1, 0.15) is 5.52 Å².